The van der Waals surface area contributed by atoms with E-state index in [-0.39, 0.29) is 35.8 Å². The minimum atomic E-state index is 0. The fourth-order valence-electron chi connectivity index (χ4n) is 0.414. The number of hydrogen-bond donors (Lipinski definition) is 0. The second kappa shape index (κ2) is 22.4. The predicted molar refractivity (Wildman–Crippen MR) is 40.2 cm³/mol. The zero-order valence-electron chi connectivity index (χ0n) is 5.37. The zero-order chi connectivity index (χ0) is 5.54. The normalized spacial score (nSPS) is 6.20. The molecule has 0 N–H and O–H groups in total. The van der Waals surface area contributed by atoms with Crippen LogP contribution >= 0.6 is 0 Å². The van der Waals surface area contributed by atoms with E-state index in [4.69, 9.17) is 0 Å². The van der Waals surface area contributed by atoms with Crippen LogP contribution in [0.15, 0.2) is 12.7 Å². The Kier molecular flexibility index (Phi) is 50.5. The van der Waals surface area contributed by atoms with Gasteiger partial charge in [0.25, 0.3) is 0 Å². The van der Waals surface area contributed by atoms with E-state index in [1.165, 1.54) is 23.4 Å². The van der Waals surface area contributed by atoms with Crippen LogP contribution < -0.4 is 24.8 Å². The van der Waals surface area contributed by atoms with Crippen molar-refractivity contribution in [3.63, 3.8) is 0 Å². The molecule has 0 unspecified atom stereocenters. The largest absolute Gasteiger partial charge is 1.00 e. The molecule has 0 fully saturated rings. The Hall–Kier alpha value is 1.42. The van der Waals surface area contributed by atoms with Crippen LogP contribution in [0.25, 0.3) is 0 Å². The van der Waals surface area contributed by atoms with Gasteiger partial charge in [-0.2, -0.15) is 0 Å². The van der Waals surface area contributed by atoms with Crippen molar-refractivity contribution >= 4 is 11.0 Å². The van der Waals surface area contributed by atoms with Gasteiger partial charge >= 0.3 is 60.8 Å². The van der Waals surface area contributed by atoms with Crippen molar-refractivity contribution in [3.05, 3.63) is 12.7 Å². The summed E-state index contributed by atoms with van der Waals surface area (Å²) in [6.07, 6.45) is 5.93. The molecule has 0 aromatic heterocycles. The molecule has 0 rings (SSSR count). The molecule has 0 radical (unpaired) electrons. The number of halogens is 2. The van der Waals surface area contributed by atoms with Crippen molar-refractivity contribution in [1.29, 1.82) is 0 Å². The summed E-state index contributed by atoms with van der Waals surface area (Å²) in [6, 6.07) is 0. The molecule has 10 heavy (non-hydrogen) atoms. The Morgan fingerprint density at radius 1 is 1.20 bits per heavy atom. The molecule has 0 saturated heterocycles. The van der Waals surface area contributed by atoms with Gasteiger partial charge in [0.1, 0.15) is 0 Å². The second-order valence-electron chi connectivity index (χ2n) is 1.53. The topological polar surface area (TPSA) is 0 Å². The molecule has 0 bridgehead atoms. The number of unbranched alkanes of at least 4 members (excludes halogenated alkanes) is 2. The third-order valence-electron chi connectivity index (χ3n) is 0.835. The molecular formula is C6H15Cl2SiZr. The smallest absolute Gasteiger partial charge is 0.0149 e. The molecule has 0 heterocycles. The summed E-state index contributed by atoms with van der Waals surface area (Å²) in [4.78, 5) is 0. The maximum absolute atomic E-state index is 3.64. The first kappa shape index (κ1) is 22.5. The molecule has 0 aliphatic carbocycles. The van der Waals surface area contributed by atoms with Crippen LogP contribution in [0.1, 0.15) is 19.3 Å². The minimum absolute atomic E-state index is 0. The van der Waals surface area contributed by atoms with E-state index < -0.39 is 0 Å². The zero-order valence-corrected chi connectivity index (χ0v) is 9.34. The van der Waals surface area contributed by atoms with E-state index in [1.807, 2.05) is 6.08 Å². The molecule has 0 saturated carbocycles. The van der Waals surface area contributed by atoms with Crippen molar-refractivity contribution < 1.29 is 49.5 Å². The molecule has 61 valence electrons. The van der Waals surface area contributed by atoms with Crippen molar-refractivity contribution in [3.8, 4) is 0 Å². The summed E-state index contributed by atoms with van der Waals surface area (Å²) in [5.74, 6) is 0. The van der Waals surface area contributed by atoms with Gasteiger partial charge in [0.2, 0.25) is 0 Å². The third-order valence-corrected chi connectivity index (χ3v) is 1.70. The van der Waals surface area contributed by atoms with Crippen LogP contribution in [0, 0.1) is 0 Å². The molecule has 0 spiro atoms. The molecule has 0 aliphatic heterocycles. The fourth-order valence-corrected chi connectivity index (χ4v) is 1.03. The van der Waals surface area contributed by atoms with Crippen molar-refractivity contribution in [2.45, 2.75) is 23.4 Å². The SMILES string of the molecule is C=CCCC[CH2][Zr+2].[Cl-].[Cl-].[SiH4]. The summed E-state index contributed by atoms with van der Waals surface area (Å²) in [5, 5.41) is 0. The molecule has 0 amide bonds. The first-order valence-electron chi connectivity index (χ1n) is 2.67. The second-order valence-corrected chi connectivity index (χ2v) is 2.76. The monoisotopic (exact) mass is 275 g/mol. The Morgan fingerprint density at radius 3 is 2.00 bits per heavy atom. The Morgan fingerprint density at radius 2 is 1.70 bits per heavy atom. The van der Waals surface area contributed by atoms with Crippen LogP contribution in [0.5, 0.6) is 0 Å². The van der Waals surface area contributed by atoms with Crippen LogP contribution in [-0.2, 0) is 24.7 Å². The van der Waals surface area contributed by atoms with Gasteiger partial charge in [-0.25, -0.2) is 0 Å². The van der Waals surface area contributed by atoms with Crippen LogP contribution in [0.4, 0.5) is 0 Å². The van der Waals surface area contributed by atoms with E-state index in [2.05, 4.69) is 6.58 Å². The quantitative estimate of drug-likeness (QED) is 0.274. The molecular weight excluding hydrogens is 262 g/mol. The van der Waals surface area contributed by atoms with Gasteiger partial charge in [0.15, 0.2) is 0 Å². The Balaban J connectivity index is -0.0000000600. The maximum atomic E-state index is 3.64. The summed E-state index contributed by atoms with van der Waals surface area (Å²) in [5.41, 5.74) is 0. The standard InChI is InChI=1S/C6H11.2ClH.H4Si.Zr/c1-3-5-6-4-2;;;;/h3H,1-2,4-6H2;2*1H;1H4;/q;;;;+2/p-2. The van der Waals surface area contributed by atoms with Gasteiger partial charge in [0, 0.05) is 0 Å². The van der Waals surface area contributed by atoms with Gasteiger partial charge in [-0.3, -0.25) is 0 Å². The summed E-state index contributed by atoms with van der Waals surface area (Å²) < 4.78 is 1.40. The van der Waals surface area contributed by atoms with E-state index >= 15 is 0 Å². The van der Waals surface area contributed by atoms with E-state index in [0.29, 0.717) is 0 Å². The first-order valence-corrected chi connectivity index (χ1v) is 4.41. The van der Waals surface area contributed by atoms with Crippen LogP contribution in [-0.4, -0.2) is 11.0 Å². The predicted octanol–water partition coefficient (Wildman–Crippen LogP) is -5.14. The number of hydrogen-bond acceptors (Lipinski definition) is 0. The summed E-state index contributed by atoms with van der Waals surface area (Å²) in [6.45, 7) is 3.64. The molecule has 0 aliphatic rings. The summed E-state index contributed by atoms with van der Waals surface area (Å²) in [7, 11) is 0. The number of allylic oxidation sites excluding steroid dienone is 1. The molecule has 0 atom stereocenters. The van der Waals surface area contributed by atoms with E-state index in [1.54, 1.807) is 24.7 Å². The molecule has 0 aromatic carbocycles. The van der Waals surface area contributed by atoms with Crippen LogP contribution in [0.2, 0.25) is 4.13 Å². The third kappa shape index (κ3) is 22.7. The van der Waals surface area contributed by atoms with Crippen molar-refractivity contribution in [2.75, 3.05) is 0 Å². The molecule has 4 heteroatoms. The van der Waals surface area contributed by atoms with Crippen molar-refractivity contribution in [2.24, 2.45) is 0 Å². The number of rotatable bonds is 4. The molecule has 0 nitrogen and oxygen atoms in total. The van der Waals surface area contributed by atoms with Gasteiger partial charge in [-0.15, -0.1) is 0 Å². The van der Waals surface area contributed by atoms with E-state index in [9.17, 15) is 0 Å². The maximum Gasteiger partial charge on any atom is -0.0149 e. The Bertz CT molecular complexity index is 53.0. The van der Waals surface area contributed by atoms with Gasteiger partial charge < -0.3 is 24.8 Å². The van der Waals surface area contributed by atoms with Gasteiger partial charge in [-0.05, 0) is 11.0 Å². The Labute approximate surface area is 95.9 Å². The van der Waals surface area contributed by atoms with Crippen molar-refractivity contribution in [1.82, 2.24) is 0 Å². The summed E-state index contributed by atoms with van der Waals surface area (Å²) >= 11 is 1.67. The van der Waals surface area contributed by atoms with Crippen LogP contribution in [0.3, 0.4) is 0 Å². The van der Waals surface area contributed by atoms with E-state index in [0.717, 1.165) is 0 Å². The molecule has 0 aromatic rings. The van der Waals surface area contributed by atoms with Gasteiger partial charge in [-0.1, -0.05) is 0 Å². The van der Waals surface area contributed by atoms with Gasteiger partial charge in [0.05, 0.1) is 0 Å². The minimum Gasteiger partial charge on any atom is -1.00 e. The average Bonchev–Trinajstić information content (AvgIpc) is 1.69. The average molecular weight is 277 g/mol. The first-order chi connectivity index (χ1) is 3.41. The fraction of sp³-hybridized carbons (Fsp3) is 0.667.